The number of rotatable bonds is 2. The van der Waals surface area contributed by atoms with Crippen LogP contribution in [0.15, 0.2) is 31.1 Å². The summed E-state index contributed by atoms with van der Waals surface area (Å²) in [5.74, 6) is 0.933. The number of imidazole rings is 1. The Hall–Kier alpha value is -3.10. The predicted molar refractivity (Wildman–Crippen MR) is 95.6 cm³/mol. The van der Waals surface area contributed by atoms with Gasteiger partial charge in [-0.2, -0.15) is 0 Å². The Balaban J connectivity index is 1.33. The minimum Gasteiger partial charge on any atom is -0.354 e. The summed E-state index contributed by atoms with van der Waals surface area (Å²) >= 11 is 0. The standard InChI is InChI=1S/C18H18FN7O/c1-24-10-23-15-16(24)21-9-22-17(15)25-5-12-7-26(8-13(12)6-25)18(27)11-2-14(19)4-20-3-11/h2-4,9-10,12-13H,5-8H2,1H3. The molecule has 1 amide bonds. The van der Waals surface area contributed by atoms with Gasteiger partial charge in [0.1, 0.15) is 12.1 Å². The smallest absolute Gasteiger partial charge is 0.255 e. The monoisotopic (exact) mass is 367 g/mol. The largest absolute Gasteiger partial charge is 0.354 e. The molecular formula is C18H18FN7O. The van der Waals surface area contributed by atoms with Crippen LogP contribution in [0.1, 0.15) is 10.4 Å². The average molecular weight is 367 g/mol. The lowest BCUT2D eigenvalue weighted by Crippen LogP contribution is -2.33. The number of likely N-dealkylation sites (tertiary alicyclic amines) is 1. The lowest BCUT2D eigenvalue weighted by Gasteiger charge is -2.22. The van der Waals surface area contributed by atoms with Gasteiger partial charge in [0.25, 0.3) is 5.91 Å². The van der Waals surface area contributed by atoms with Crippen molar-refractivity contribution < 1.29 is 9.18 Å². The van der Waals surface area contributed by atoms with E-state index in [1.54, 1.807) is 17.6 Å². The van der Waals surface area contributed by atoms with Crippen molar-refractivity contribution in [2.24, 2.45) is 18.9 Å². The van der Waals surface area contributed by atoms with E-state index < -0.39 is 5.82 Å². The second-order valence-electron chi connectivity index (χ2n) is 7.25. The molecule has 5 heterocycles. The van der Waals surface area contributed by atoms with Crippen molar-refractivity contribution in [2.75, 3.05) is 31.1 Å². The van der Waals surface area contributed by atoms with Crippen LogP contribution in [0.3, 0.4) is 0 Å². The van der Waals surface area contributed by atoms with Gasteiger partial charge in [-0.15, -0.1) is 0 Å². The van der Waals surface area contributed by atoms with Crippen molar-refractivity contribution >= 4 is 22.9 Å². The summed E-state index contributed by atoms with van der Waals surface area (Å²) in [5.41, 5.74) is 1.92. The second-order valence-corrected chi connectivity index (χ2v) is 7.25. The van der Waals surface area contributed by atoms with Crippen molar-refractivity contribution in [3.63, 3.8) is 0 Å². The van der Waals surface area contributed by atoms with Gasteiger partial charge < -0.3 is 14.4 Å². The van der Waals surface area contributed by atoms with Crippen molar-refractivity contribution in [1.29, 1.82) is 0 Å². The zero-order valence-corrected chi connectivity index (χ0v) is 14.8. The van der Waals surface area contributed by atoms with E-state index in [4.69, 9.17) is 0 Å². The summed E-state index contributed by atoms with van der Waals surface area (Å²) in [5, 5.41) is 0. The maximum atomic E-state index is 13.4. The van der Waals surface area contributed by atoms with Crippen molar-refractivity contribution in [3.05, 3.63) is 42.5 Å². The summed E-state index contributed by atoms with van der Waals surface area (Å²) in [6.07, 6.45) is 5.84. The normalized spacial score (nSPS) is 21.9. The lowest BCUT2D eigenvalue weighted by atomic mass is 10.0. The van der Waals surface area contributed by atoms with Crippen LogP contribution in [0.5, 0.6) is 0 Å². The van der Waals surface area contributed by atoms with Crippen LogP contribution in [-0.2, 0) is 7.05 Å². The van der Waals surface area contributed by atoms with Crippen LogP contribution >= 0.6 is 0 Å². The fraction of sp³-hybridized carbons (Fsp3) is 0.389. The SMILES string of the molecule is Cn1cnc2c(N3CC4CN(C(=O)c5cncc(F)c5)CC4C3)ncnc21. The van der Waals surface area contributed by atoms with Crippen molar-refractivity contribution in [3.8, 4) is 0 Å². The molecule has 2 aliphatic rings. The fourth-order valence-corrected chi connectivity index (χ4v) is 4.21. The molecule has 8 nitrogen and oxygen atoms in total. The second kappa shape index (κ2) is 5.97. The summed E-state index contributed by atoms with van der Waals surface area (Å²) in [6.45, 7) is 2.96. The molecule has 0 saturated carbocycles. The summed E-state index contributed by atoms with van der Waals surface area (Å²) in [6, 6.07) is 1.24. The minimum atomic E-state index is -0.491. The van der Waals surface area contributed by atoms with E-state index in [1.165, 1.54) is 12.3 Å². The Morgan fingerprint density at radius 2 is 1.89 bits per heavy atom. The van der Waals surface area contributed by atoms with Gasteiger partial charge >= 0.3 is 0 Å². The van der Waals surface area contributed by atoms with Crippen molar-refractivity contribution in [2.45, 2.75) is 0 Å². The molecule has 3 aromatic rings. The van der Waals surface area contributed by atoms with E-state index in [2.05, 4.69) is 24.8 Å². The summed E-state index contributed by atoms with van der Waals surface area (Å²) in [4.78, 5) is 33.6. The highest BCUT2D eigenvalue weighted by atomic mass is 19.1. The van der Waals surface area contributed by atoms with Crippen LogP contribution in [0.25, 0.3) is 11.2 Å². The number of carbonyl (C=O) groups excluding carboxylic acids is 1. The zero-order chi connectivity index (χ0) is 18.5. The molecule has 138 valence electrons. The topological polar surface area (TPSA) is 80.0 Å². The van der Waals surface area contributed by atoms with Crippen LogP contribution < -0.4 is 4.90 Å². The first kappa shape index (κ1) is 16.1. The molecule has 3 aromatic heterocycles. The zero-order valence-electron chi connectivity index (χ0n) is 14.8. The molecule has 0 aliphatic carbocycles. The van der Waals surface area contributed by atoms with E-state index in [1.807, 2.05) is 11.6 Å². The number of halogens is 1. The Morgan fingerprint density at radius 3 is 2.63 bits per heavy atom. The molecule has 5 rings (SSSR count). The van der Waals surface area contributed by atoms with E-state index in [-0.39, 0.29) is 5.91 Å². The molecule has 2 aliphatic heterocycles. The lowest BCUT2D eigenvalue weighted by molar-refractivity contribution is 0.0781. The third-order valence-corrected chi connectivity index (χ3v) is 5.50. The third-order valence-electron chi connectivity index (χ3n) is 5.50. The fourth-order valence-electron chi connectivity index (χ4n) is 4.21. The number of fused-ring (bicyclic) bond motifs is 2. The molecule has 0 aromatic carbocycles. The van der Waals surface area contributed by atoms with Gasteiger partial charge in [0, 0.05) is 51.3 Å². The minimum absolute atomic E-state index is 0.155. The number of amides is 1. The number of pyridine rings is 1. The van der Waals surface area contributed by atoms with Gasteiger partial charge in [-0.25, -0.2) is 19.3 Å². The van der Waals surface area contributed by atoms with Gasteiger partial charge in [0.05, 0.1) is 18.1 Å². The van der Waals surface area contributed by atoms with E-state index >= 15 is 0 Å². The molecule has 0 radical (unpaired) electrons. The molecule has 9 heteroatoms. The number of aryl methyl sites for hydroxylation is 1. The van der Waals surface area contributed by atoms with E-state index in [0.29, 0.717) is 30.5 Å². The van der Waals surface area contributed by atoms with Gasteiger partial charge in [-0.3, -0.25) is 9.78 Å². The average Bonchev–Trinajstić information content (AvgIpc) is 3.34. The Labute approximate surface area is 154 Å². The van der Waals surface area contributed by atoms with Gasteiger partial charge in [0.15, 0.2) is 17.0 Å². The van der Waals surface area contributed by atoms with E-state index in [9.17, 15) is 9.18 Å². The molecule has 2 fully saturated rings. The maximum Gasteiger partial charge on any atom is 0.255 e. The number of anilines is 1. The Morgan fingerprint density at radius 1 is 1.11 bits per heavy atom. The molecule has 27 heavy (non-hydrogen) atoms. The van der Waals surface area contributed by atoms with Crippen molar-refractivity contribution in [1.82, 2.24) is 29.4 Å². The summed E-state index contributed by atoms with van der Waals surface area (Å²) < 4.78 is 15.2. The van der Waals surface area contributed by atoms with Gasteiger partial charge in [-0.05, 0) is 6.07 Å². The highest BCUT2D eigenvalue weighted by molar-refractivity contribution is 5.94. The molecule has 2 saturated heterocycles. The molecule has 2 unspecified atom stereocenters. The van der Waals surface area contributed by atoms with Gasteiger partial charge in [-0.1, -0.05) is 0 Å². The van der Waals surface area contributed by atoms with Crippen LogP contribution in [0.2, 0.25) is 0 Å². The van der Waals surface area contributed by atoms with Gasteiger partial charge in [0.2, 0.25) is 0 Å². The number of carbonyl (C=O) groups is 1. The molecule has 0 bridgehead atoms. The molecular weight excluding hydrogens is 349 g/mol. The molecule has 0 N–H and O–H groups in total. The first-order valence-corrected chi connectivity index (χ1v) is 8.87. The Bertz CT molecular complexity index is 1020. The quantitative estimate of drug-likeness (QED) is 0.675. The maximum absolute atomic E-state index is 13.4. The van der Waals surface area contributed by atoms with Crippen LogP contribution in [0.4, 0.5) is 10.2 Å². The third kappa shape index (κ3) is 2.61. The highest BCUT2D eigenvalue weighted by Gasteiger charge is 2.42. The first-order chi connectivity index (χ1) is 13.1. The van der Waals surface area contributed by atoms with Crippen LogP contribution in [-0.4, -0.2) is 61.5 Å². The number of hydrogen-bond donors (Lipinski definition) is 0. The first-order valence-electron chi connectivity index (χ1n) is 8.87. The van der Waals surface area contributed by atoms with E-state index in [0.717, 1.165) is 36.3 Å². The Kier molecular flexibility index (Phi) is 3.56. The number of aromatic nitrogens is 5. The molecule has 2 atom stereocenters. The number of hydrogen-bond acceptors (Lipinski definition) is 6. The molecule has 0 spiro atoms. The highest BCUT2D eigenvalue weighted by Crippen LogP contribution is 2.35. The number of nitrogens with zero attached hydrogens (tertiary/aromatic N) is 7. The predicted octanol–water partition coefficient (Wildman–Crippen LogP) is 1.11. The summed E-state index contributed by atoms with van der Waals surface area (Å²) in [7, 11) is 1.91. The van der Waals surface area contributed by atoms with Crippen LogP contribution in [0, 0.1) is 17.7 Å².